The van der Waals surface area contributed by atoms with Gasteiger partial charge in [-0.25, -0.2) is 0 Å². The number of aliphatic hydroxyl groups excluding tert-OH is 1. The average molecular weight is 322 g/mol. The molecule has 4 nitrogen and oxygen atoms in total. The highest BCUT2D eigenvalue weighted by Crippen LogP contribution is 2.55. The smallest absolute Gasteiger partial charge is 0.0701 e. The van der Waals surface area contributed by atoms with Crippen LogP contribution in [0.1, 0.15) is 53.4 Å². The first-order valence-corrected chi connectivity index (χ1v) is 9.65. The van der Waals surface area contributed by atoms with E-state index in [-0.39, 0.29) is 22.5 Å². The van der Waals surface area contributed by atoms with Crippen molar-refractivity contribution in [3.05, 3.63) is 0 Å². The Morgan fingerprint density at radius 1 is 1.00 bits per heavy atom. The van der Waals surface area contributed by atoms with E-state index in [1.54, 1.807) is 0 Å². The van der Waals surface area contributed by atoms with Crippen LogP contribution in [0.25, 0.3) is 0 Å². The van der Waals surface area contributed by atoms with Crippen LogP contribution in [-0.2, 0) is 4.74 Å². The Bertz CT molecular complexity index is 438. The minimum absolute atomic E-state index is 0.0181. The molecule has 0 aromatic rings. The molecule has 0 unspecified atom stereocenters. The van der Waals surface area contributed by atoms with E-state index in [0.29, 0.717) is 12.1 Å². The van der Waals surface area contributed by atoms with E-state index in [4.69, 9.17) is 4.74 Å². The summed E-state index contributed by atoms with van der Waals surface area (Å²) in [7, 11) is 0. The lowest BCUT2D eigenvalue weighted by Gasteiger charge is -2.71. The normalized spacial score (nSPS) is 54.4. The fourth-order valence-electron chi connectivity index (χ4n) is 6.39. The molecule has 23 heavy (non-hydrogen) atoms. The second-order valence-corrected chi connectivity index (χ2v) is 9.42. The second-order valence-electron chi connectivity index (χ2n) is 9.42. The summed E-state index contributed by atoms with van der Waals surface area (Å²) in [5.74, 6) is 0.707. The number of hydrogen-bond donors (Lipinski definition) is 1. The number of nitrogens with zero attached hydrogens (tertiary/aromatic N) is 2. The summed E-state index contributed by atoms with van der Waals surface area (Å²) in [6.45, 7) is 14.3. The fourth-order valence-corrected chi connectivity index (χ4v) is 6.39. The summed E-state index contributed by atoms with van der Waals surface area (Å²) in [5, 5.41) is 11.1. The van der Waals surface area contributed by atoms with Gasteiger partial charge in [-0.15, -0.1) is 0 Å². The van der Waals surface area contributed by atoms with Crippen LogP contribution in [0.5, 0.6) is 0 Å². The van der Waals surface area contributed by atoms with Crippen molar-refractivity contribution in [3.8, 4) is 0 Å². The Morgan fingerprint density at radius 2 is 1.52 bits per heavy atom. The molecule has 5 aliphatic heterocycles. The van der Waals surface area contributed by atoms with Gasteiger partial charge in [0, 0.05) is 43.6 Å². The topological polar surface area (TPSA) is 35.9 Å². The molecule has 4 heteroatoms. The Kier molecular flexibility index (Phi) is 3.67. The summed E-state index contributed by atoms with van der Waals surface area (Å²) >= 11 is 0. The van der Waals surface area contributed by atoms with Gasteiger partial charge in [-0.3, -0.25) is 9.80 Å². The van der Waals surface area contributed by atoms with Crippen molar-refractivity contribution in [1.82, 2.24) is 9.80 Å². The molecule has 5 heterocycles. The van der Waals surface area contributed by atoms with Crippen LogP contribution in [0.2, 0.25) is 0 Å². The second kappa shape index (κ2) is 5.17. The summed E-state index contributed by atoms with van der Waals surface area (Å²) in [4.78, 5) is 5.47. The quantitative estimate of drug-likeness (QED) is 0.865. The van der Waals surface area contributed by atoms with E-state index < -0.39 is 0 Å². The third-order valence-corrected chi connectivity index (χ3v) is 7.55. The number of ether oxygens (including phenoxy) is 1. The SMILES string of the molecule is CCC12CN3CC(CC)(CN(C1)C3[C@@H]1CCOC(C)(C)C1)C2O. The van der Waals surface area contributed by atoms with Crippen LogP contribution in [0.15, 0.2) is 0 Å². The first-order valence-electron chi connectivity index (χ1n) is 9.65. The first-order chi connectivity index (χ1) is 10.8. The maximum absolute atomic E-state index is 11.1. The van der Waals surface area contributed by atoms with Crippen LogP contribution in [0.4, 0.5) is 0 Å². The van der Waals surface area contributed by atoms with Crippen molar-refractivity contribution in [2.24, 2.45) is 16.7 Å². The standard InChI is InChI=1S/C19H34N2O2/c1-5-18-10-20-12-19(6-2,16(18)22)13-21(11-18)15(20)14-7-8-23-17(3,4)9-14/h14-16,22H,5-13H2,1-4H3/t14-,15?,16?,18?,19?/m1/s1. The third-order valence-electron chi connectivity index (χ3n) is 7.55. The lowest BCUT2D eigenvalue weighted by atomic mass is 9.56. The molecule has 5 saturated heterocycles. The van der Waals surface area contributed by atoms with Crippen molar-refractivity contribution >= 4 is 0 Å². The maximum Gasteiger partial charge on any atom is 0.0701 e. The number of aliphatic hydroxyl groups is 1. The van der Waals surface area contributed by atoms with E-state index in [0.717, 1.165) is 52.0 Å². The molecule has 1 atom stereocenters. The number of rotatable bonds is 3. The van der Waals surface area contributed by atoms with Crippen molar-refractivity contribution in [2.45, 2.75) is 71.2 Å². The molecule has 0 aromatic heterocycles. The van der Waals surface area contributed by atoms with E-state index in [1.807, 2.05) is 0 Å². The minimum Gasteiger partial charge on any atom is -0.392 e. The lowest BCUT2D eigenvalue weighted by molar-refractivity contribution is -0.278. The molecule has 1 N–H and O–H groups in total. The minimum atomic E-state index is -0.121. The molecule has 0 aliphatic carbocycles. The van der Waals surface area contributed by atoms with Crippen molar-refractivity contribution < 1.29 is 9.84 Å². The van der Waals surface area contributed by atoms with Gasteiger partial charge in [-0.1, -0.05) is 13.8 Å². The van der Waals surface area contributed by atoms with Gasteiger partial charge < -0.3 is 9.84 Å². The molecular formula is C19H34N2O2. The monoisotopic (exact) mass is 322 g/mol. The predicted molar refractivity (Wildman–Crippen MR) is 91.1 cm³/mol. The molecule has 5 fully saturated rings. The van der Waals surface area contributed by atoms with Gasteiger partial charge in [-0.2, -0.15) is 0 Å². The zero-order valence-electron chi connectivity index (χ0n) is 15.3. The number of piperidine rings is 2. The summed E-state index contributed by atoms with van der Waals surface area (Å²) in [5.41, 5.74) is 0.220. The van der Waals surface area contributed by atoms with Crippen molar-refractivity contribution in [2.75, 3.05) is 32.8 Å². The summed E-state index contributed by atoms with van der Waals surface area (Å²) in [6.07, 6.45) is 4.98. The Balaban J connectivity index is 1.63. The van der Waals surface area contributed by atoms with E-state index in [2.05, 4.69) is 37.5 Å². The molecule has 0 radical (unpaired) electrons. The third kappa shape index (κ3) is 2.25. The zero-order chi connectivity index (χ0) is 16.5. The molecule has 0 aromatic carbocycles. The Morgan fingerprint density at radius 3 is 1.96 bits per heavy atom. The lowest BCUT2D eigenvalue weighted by Crippen LogP contribution is -2.81. The van der Waals surface area contributed by atoms with Crippen molar-refractivity contribution in [3.63, 3.8) is 0 Å². The van der Waals surface area contributed by atoms with E-state index >= 15 is 0 Å². The highest BCUT2D eigenvalue weighted by molar-refractivity contribution is 5.15. The van der Waals surface area contributed by atoms with Crippen molar-refractivity contribution in [1.29, 1.82) is 0 Å². The molecule has 0 amide bonds. The molecule has 132 valence electrons. The fraction of sp³-hybridized carbons (Fsp3) is 1.00. The average Bonchev–Trinajstić information content (AvgIpc) is 2.50. The predicted octanol–water partition coefficient (Wildman–Crippen LogP) is 2.32. The molecule has 0 spiro atoms. The van der Waals surface area contributed by atoms with Crippen LogP contribution >= 0.6 is 0 Å². The Labute approximate surface area is 141 Å². The highest BCUT2D eigenvalue weighted by Gasteiger charge is 2.64. The van der Waals surface area contributed by atoms with Gasteiger partial charge in [0.15, 0.2) is 0 Å². The van der Waals surface area contributed by atoms with Gasteiger partial charge >= 0.3 is 0 Å². The highest BCUT2D eigenvalue weighted by atomic mass is 16.5. The largest absolute Gasteiger partial charge is 0.392 e. The molecular weight excluding hydrogens is 288 g/mol. The number of hydrogen-bond acceptors (Lipinski definition) is 4. The molecule has 0 saturated carbocycles. The van der Waals surface area contributed by atoms with Gasteiger partial charge in [0.2, 0.25) is 0 Å². The summed E-state index contributed by atoms with van der Waals surface area (Å²) in [6, 6.07) is 0. The first kappa shape index (κ1) is 16.3. The van der Waals surface area contributed by atoms with Crippen LogP contribution in [-0.4, -0.2) is 65.6 Å². The molecule has 4 bridgehead atoms. The van der Waals surface area contributed by atoms with Gasteiger partial charge in [0.1, 0.15) is 0 Å². The van der Waals surface area contributed by atoms with Gasteiger partial charge in [-0.05, 0) is 45.4 Å². The Hall–Kier alpha value is -0.160. The van der Waals surface area contributed by atoms with Crippen LogP contribution in [0, 0.1) is 16.7 Å². The van der Waals surface area contributed by atoms with E-state index in [1.165, 1.54) is 6.42 Å². The molecule has 5 aliphatic rings. The molecule has 5 rings (SSSR count). The van der Waals surface area contributed by atoms with Gasteiger partial charge in [0.25, 0.3) is 0 Å². The van der Waals surface area contributed by atoms with Crippen LogP contribution < -0.4 is 0 Å². The maximum atomic E-state index is 11.1. The summed E-state index contributed by atoms with van der Waals surface area (Å²) < 4.78 is 5.96. The van der Waals surface area contributed by atoms with E-state index in [9.17, 15) is 5.11 Å². The zero-order valence-corrected chi connectivity index (χ0v) is 15.3. The van der Waals surface area contributed by atoms with Crippen LogP contribution in [0.3, 0.4) is 0 Å². The van der Waals surface area contributed by atoms with Gasteiger partial charge in [0.05, 0.1) is 17.9 Å².